The van der Waals surface area contributed by atoms with Crippen molar-refractivity contribution < 1.29 is 35.8 Å². The number of ether oxygens (including phenoxy) is 2. The van der Waals surface area contributed by atoms with Gasteiger partial charge in [-0.05, 0) is 12.8 Å². The first-order valence-corrected chi connectivity index (χ1v) is 11.5. The van der Waals surface area contributed by atoms with Crippen molar-refractivity contribution in [3.05, 3.63) is 66.5 Å². The molecule has 0 N–H and O–H groups in total. The third kappa shape index (κ3) is 7.21. The number of hydrogen-bond donors (Lipinski definition) is 0. The molecule has 1 aromatic carbocycles. The Bertz CT molecular complexity index is 1400. The van der Waals surface area contributed by atoms with Crippen LogP contribution in [0.25, 0.3) is 22.8 Å². The van der Waals surface area contributed by atoms with Crippen LogP contribution in [0.15, 0.2) is 55.1 Å². The minimum Gasteiger partial charge on any atom is -0.480 e. The van der Waals surface area contributed by atoms with Crippen LogP contribution < -0.4 is 9.47 Å². The smallest absolute Gasteiger partial charge is 0.434 e. The van der Waals surface area contributed by atoms with Gasteiger partial charge in [-0.1, -0.05) is 30.3 Å². The lowest BCUT2D eigenvalue weighted by Crippen LogP contribution is -2.19. The second-order valence-corrected chi connectivity index (χ2v) is 8.46. The molecule has 0 spiro atoms. The number of halogens is 6. The lowest BCUT2D eigenvalue weighted by Gasteiger charge is -2.12. The maximum Gasteiger partial charge on any atom is 0.434 e. The molecule has 0 unspecified atom stereocenters. The maximum absolute atomic E-state index is 12.4. The van der Waals surface area contributed by atoms with E-state index in [9.17, 15) is 26.3 Å². The van der Waals surface area contributed by atoms with Crippen LogP contribution in [0.5, 0.6) is 11.8 Å². The molecule has 14 heteroatoms. The first kappa shape index (κ1) is 27.8. The number of nitrogens with zero attached hydrogens (tertiary/aromatic N) is 6. The first-order valence-electron chi connectivity index (χ1n) is 11.5. The Balaban J connectivity index is 0.000000193. The monoisotopic (exact) mass is 552 g/mol. The first-order chi connectivity index (χ1) is 18.5. The second kappa shape index (κ2) is 11.3. The van der Waals surface area contributed by atoms with Crippen LogP contribution in [0.2, 0.25) is 0 Å². The highest BCUT2D eigenvalue weighted by Gasteiger charge is 2.35. The van der Waals surface area contributed by atoms with Crippen LogP contribution in [0.4, 0.5) is 26.3 Å². The minimum atomic E-state index is -4.43. The Morgan fingerprint density at radius 3 is 2.26 bits per heavy atom. The molecule has 0 atom stereocenters. The van der Waals surface area contributed by atoms with E-state index >= 15 is 0 Å². The number of imidazole rings is 1. The molecule has 1 aliphatic carbocycles. The average molecular weight is 552 g/mol. The fourth-order valence-electron chi connectivity index (χ4n) is 3.57. The summed E-state index contributed by atoms with van der Waals surface area (Å²) >= 11 is 0. The van der Waals surface area contributed by atoms with Gasteiger partial charge in [0.15, 0.2) is 18.1 Å². The average Bonchev–Trinajstić information content (AvgIpc) is 3.67. The van der Waals surface area contributed by atoms with Gasteiger partial charge >= 0.3 is 12.4 Å². The molecule has 3 heterocycles. The van der Waals surface area contributed by atoms with Gasteiger partial charge in [0, 0.05) is 37.0 Å². The molecule has 1 saturated carbocycles. The standard InChI is InChI=1S/C14H13F3N4O2.C11H9F3N2/c1-22-13-10(11(8-2-3-8)19-7-20-13)12-18-5-4-9(21-12)23-6-14(15,16)17;1-16-7-9(11(12,13)14)15-10(16)8-5-3-2-4-6-8/h4-5,7-8H,2-3,6H2,1H3;2-7H,1H3. The Kier molecular flexibility index (Phi) is 8.02. The lowest BCUT2D eigenvalue weighted by molar-refractivity contribution is -0.154. The van der Waals surface area contributed by atoms with E-state index in [1.807, 2.05) is 0 Å². The molecule has 0 bridgehead atoms. The van der Waals surface area contributed by atoms with Gasteiger partial charge in [-0.2, -0.15) is 31.3 Å². The van der Waals surface area contributed by atoms with Crippen LogP contribution in [-0.4, -0.2) is 49.4 Å². The molecular formula is C25H22F6N6O2. The van der Waals surface area contributed by atoms with Gasteiger partial charge in [-0.3, -0.25) is 0 Å². The topological polar surface area (TPSA) is 87.8 Å². The number of aryl methyl sites for hydroxylation is 1. The maximum atomic E-state index is 12.4. The van der Waals surface area contributed by atoms with Crippen LogP contribution in [-0.2, 0) is 13.2 Å². The zero-order valence-electron chi connectivity index (χ0n) is 20.7. The van der Waals surface area contributed by atoms with E-state index in [1.165, 1.54) is 30.3 Å². The molecule has 1 aliphatic rings. The normalized spacial score (nSPS) is 13.4. The molecule has 0 radical (unpaired) electrons. The Morgan fingerprint density at radius 2 is 1.67 bits per heavy atom. The lowest BCUT2D eigenvalue weighted by atomic mass is 10.1. The minimum absolute atomic E-state index is 0.167. The molecule has 0 aliphatic heterocycles. The summed E-state index contributed by atoms with van der Waals surface area (Å²) in [6, 6.07) is 10.0. The molecule has 39 heavy (non-hydrogen) atoms. The summed E-state index contributed by atoms with van der Waals surface area (Å²) in [6.07, 6.45) is -3.16. The molecule has 0 amide bonds. The van der Waals surface area contributed by atoms with Crippen molar-refractivity contribution in [3.63, 3.8) is 0 Å². The van der Waals surface area contributed by atoms with Gasteiger partial charge in [0.25, 0.3) is 0 Å². The van der Waals surface area contributed by atoms with Crippen LogP contribution in [0, 0.1) is 0 Å². The zero-order valence-corrected chi connectivity index (χ0v) is 20.7. The highest BCUT2D eigenvalue weighted by molar-refractivity contribution is 5.66. The Hall–Kier alpha value is -4.23. The van der Waals surface area contributed by atoms with E-state index in [-0.39, 0.29) is 23.5 Å². The second-order valence-electron chi connectivity index (χ2n) is 8.46. The number of alkyl halides is 6. The van der Waals surface area contributed by atoms with Crippen molar-refractivity contribution >= 4 is 0 Å². The van der Waals surface area contributed by atoms with Crippen molar-refractivity contribution in [1.29, 1.82) is 0 Å². The Morgan fingerprint density at radius 1 is 0.949 bits per heavy atom. The van der Waals surface area contributed by atoms with Crippen molar-refractivity contribution in [2.75, 3.05) is 13.7 Å². The zero-order chi connectivity index (χ0) is 28.2. The van der Waals surface area contributed by atoms with Crippen LogP contribution >= 0.6 is 0 Å². The van der Waals surface area contributed by atoms with E-state index < -0.39 is 24.7 Å². The molecule has 8 nitrogen and oxygen atoms in total. The summed E-state index contributed by atoms with van der Waals surface area (Å²) in [5, 5.41) is 0. The third-order valence-corrected chi connectivity index (χ3v) is 5.44. The highest BCUT2D eigenvalue weighted by Crippen LogP contribution is 2.44. The molecule has 0 saturated heterocycles. The number of benzene rings is 1. The number of rotatable bonds is 6. The van der Waals surface area contributed by atoms with Crippen molar-refractivity contribution in [1.82, 2.24) is 29.5 Å². The molecule has 5 rings (SSSR count). The quantitative estimate of drug-likeness (QED) is 0.277. The predicted molar refractivity (Wildman–Crippen MR) is 127 cm³/mol. The summed E-state index contributed by atoms with van der Waals surface area (Å²) in [4.78, 5) is 20.0. The van der Waals surface area contributed by atoms with Gasteiger partial charge in [0.1, 0.15) is 17.7 Å². The fraction of sp³-hybridized carbons (Fsp3) is 0.320. The molecule has 4 aromatic rings. The Labute approximate surface area is 218 Å². The van der Waals surface area contributed by atoms with Crippen molar-refractivity contribution in [3.8, 4) is 34.5 Å². The number of methoxy groups -OCH3 is 1. The van der Waals surface area contributed by atoms with Gasteiger partial charge in [0.05, 0.1) is 12.8 Å². The highest BCUT2D eigenvalue weighted by atomic mass is 19.4. The summed E-state index contributed by atoms with van der Waals surface area (Å²) in [5.41, 5.74) is 1.04. The van der Waals surface area contributed by atoms with Crippen molar-refractivity contribution in [2.45, 2.75) is 31.1 Å². The van der Waals surface area contributed by atoms with E-state index in [2.05, 4.69) is 29.7 Å². The summed E-state index contributed by atoms with van der Waals surface area (Å²) < 4.78 is 85.3. The van der Waals surface area contributed by atoms with Gasteiger partial charge in [0.2, 0.25) is 11.8 Å². The largest absolute Gasteiger partial charge is 0.480 e. The molecular weight excluding hydrogens is 530 g/mol. The molecule has 3 aromatic heterocycles. The fourth-order valence-corrected chi connectivity index (χ4v) is 3.57. The third-order valence-electron chi connectivity index (χ3n) is 5.44. The van der Waals surface area contributed by atoms with Crippen LogP contribution in [0.3, 0.4) is 0 Å². The number of hydrogen-bond acceptors (Lipinski definition) is 7. The summed E-state index contributed by atoms with van der Waals surface area (Å²) in [5.74, 6) is 0.886. The summed E-state index contributed by atoms with van der Waals surface area (Å²) in [6.45, 7) is -1.42. The van der Waals surface area contributed by atoms with E-state index in [1.54, 1.807) is 37.4 Å². The van der Waals surface area contributed by atoms with E-state index in [0.717, 1.165) is 24.7 Å². The van der Waals surface area contributed by atoms with Crippen molar-refractivity contribution in [2.24, 2.45) is 7.05 Å². The molecule has 1 fully saturated rings. The predicted octanol–water partition coefficient (Wildman–Crippen LogP) is 5.87. The number of aromatic nitrogens is 6. The van der Waals surface area contributed by atoms with Gasteiger partial charge < -0.3 is 14.0 Å². The van der Waals surface area contributed by atoms with Gasteiger partial charge in [-0.15, -0.1) is 0 Å². The van der Waals surface area contributed by atoms with E-state index in [4.69, 9.17) is 4.74 Å². The van der Waals surface area contributed by atoms with Gasteiger partial charge in [-0.25, -0.2) is 19.9 Å². The molecule has 206 valence electrons. The summed E-state index contributed by atoms with van der Waals surface area (Å²) in [7, 11) is 3.00. The SMILES string of the molecule is COc1ncnc(C2CC2)c1-c1nccc(OCC(F)(F)F)n1.Cn1cc(C(F)(F)F)nc1-c1ccccc1. The van der Waals surface area contributed by atoms with Crippen LogP contribution in [0.1, 0.15) is 30.1 Å². The van der Waals surface area contributed by atoms with E-state index in [0.29, 0.717) is 17.0 Å².